The summed E-state index contributed by atoms with van der Waals surface area (Å²) in [5.74, 6) is -0.300. The molecule has 0 fully saturated rings. The minimum absolute atomic E-state index is 0.0536. The summed E-state index contributed by atoms with van der Waals surface area (Å²) < 4.78 is 30.6. The van der Waals surface area contributed by atoms with Gasteiger partial charge in [0.1, 0.15) is 6.61 Å². The molecule has 0 heterocycles. The van der Waals surface area contributed by atoms with Crippen molar-refractivity contribution in [1.29, 1.82) is 0 Å². The zero-order valence-corrected chi connectivity index (χ0v) is 12.0. The first-order valence-corrected chi connectivity index (χ1v) is 7.30. The smallest absolute Gasteiger partial charge is 0.250 e. The Labute approximate surface area is 113 Å². The molecule has 0 bridgehead atoms. The second-order valence-electron chi connectivity index (χ2n) is 4.26. The maximum Gasteiger partial charge on any atom is 0.250 e. The first-order chi connectivity index (χ1) is 8.85. The average molecular weight is 286 g/mol. The Kier molecular flexibility index (Phi) is 5.31. The zero-order chi connectivity index (χ0) is 14.5. The highest BCUT2D eigenvalue weighted by molar-refractivity contribution is 7.93. The number of sulfonamides is 1. The van der Waals surface area contributed by atoms with Crippen LogP contribution in [0.4, 0.5) is 11.4 Å². The van der Waals surface area contributed by atoms with Gasteiger partial charge in [0.05, 0.1) is 10.9 Å². The highest BCUT2D eigenvalue weighted by atomic mass is 32.2. The molecule has 1 rings (SSSR count). The van der Waals surface area contributed by atoms with E-state index in [4.69, 9.17) is 4.74 Å². The molecule has 0 atom stereocenters. The molecular formula is C12H18N2O4S. The van der Waals surface area contributed by atoms with E-state index in [0.29, 0.717) is 11.4 Å². The van der Waals surface area contributed by atoms with Gasteiger partial charge in [0, 0.05) is 12.8 Å². The Morgan fingerprint density at radius 3 is 2.53 bits per heavy atom. The molecule has 106 valence electrons. The van der Waals surface area contributed by atoms with Crippen LogP contribution in [-0.2, 0) is 19.6 Å². The maximum absolute atomic E-state index is 11.7. The Morgan fingerprint density at radius 2 is 1.95 bits per heavy atom. The molecule has 19 heavy (non-hydrogen) atoms. The van der Waals surface area contributed by atoms with Crippen LogP contribution in [-0.4, -0.2) is 33.3 Å². The number of rotatable bonds is 6. The monoisotopic (exact) mass is 286 g/mol. The molecule has 0 aliphatic carbocycles. The quantitative estimate of drug-likeness (QED) is 0.828. The lowest BCUT2D eigenvalue weighted by molar-refractivity contribution is -0.119. The number of benzene rings is 1. The van der Waals surface area contributed by atoms with Crippen LogP contribution in [0.5, 0.6) is 0 Å². The van der Waals surface area contributed by atoms with Gasteiger partial charge in [0.2, 0.25) is 15.9 Å². The van der Waals surface area contributed by atoms with Gasteiger partial charge in [-0.1, -0.05) is 6.07 Å². The van der Waals surface area contributed by atoms with Gasteiger partial charge in [-0.15, -0.1) is 0 Å². The van der Waals surface area contributed by atoms with Crippen LogP contribution in [0.15, 0.2) is 24.3 Å². The summed E-state index contributed by atoms with van der Waals surface area (Å²) in [6.45, 7) is 3.13. The van der Waals surface area contributed by atoms with Gasteiger partial charge in [0.25, 0.3) is 0 Å². The fraction of sp³-hybridized carbons (Fsp3) is 0.417. The third kappa shape index (κ3) is 4.88. The molecule has 0 aliphatic rings. The van der Waals surface area contributed by atoms with Crippen LogP contribution < -0.4 is 10.0 Å². The van der Waals surface area contributed by atoms with Crippen LogP contribution in [0.25, 0.3) is 0 Å². The number of hydrogen-bond acceptors (Lipinski definition) is 4. The second kappa shape index (κ2) is 6.53. The molecule has 1 aromatic rings. The van der Waals surface area contributed by atoms with E-state index in [9.17, 15) is 13.2 Å². The summed E-state index contributed by atoms with van der Waals surface area (Å²) in [5, 5.41) is 2.07. The summed E-state index contributed by atoms with van der Waals surface area (Å²) in [6.07, 6.45) is 0. The number of amides is 1. The minimum atomic E-state index is -3.39. The Morgan fingerprint density at radius 1 is 1.32 bits per heavy atom. The lowest BCUT2D eigenvalue weighted by Crippen LogP contribution is -2.22. The number of carbonyl (C=O) groups excluding carboxylic acids is 1. The van der Waals surface area contributed by atoms with Crippen molar-refractivity contribution in [2.45, 2.75) is 19.1 Å². The van der Waals surface area contributed by atoms with E-state index in [0.717, 1.165) is 0 Å². The lowest BCUT2D eigenvalue weighted by atomic mass is 10.3. The van der Waals surface area contributed by atoms with E-state index in [-0.39, 0.29) is 12.5 Å². The van der Waals surface area contributed by atoms with Crippen molar-refractivity contribution < 1.29 is 17.9 Å². The van der Waals surface area contributed by atoms with Crippen LogP contribution >= 0.6 is 0 Å². The first kappa shape index (κ1) is 15.5. The van der Waals surface area contributed by atoms with Crippen molar-refractivity contribution in [3.05, 3.63) is 24.3 Å². The van der Waals surface area contributed by atoms with Crippen LogP contribution in [0.3, 0.4) is 0 Å². The van der Waals surface area contributed by atoms with Gasteiger partial charge >= 0.3 is 0 Å². The zero-order valence-electron chi connectivity index (χ0n) is 11.1. The van der Waals surface area contributed by atoms with Gasteiger partial charge in [-0.2, -0.15) is 0 Å². The Hall–Kier alpha value is -1.60. The Bertz CT molecular complexity index is 540. The summed E-state index contributed by atoms with van der Waals surface area (Å²) in [6, 6.07) is 6.49. The van der Waals surface area contributed by atoms with Crippen LogP contribution in [0, 0.1) is 0 Å². The molecule has 6 nitrogen and oxygen atoms in total. The molecule has 0 saturated heterocycles. The van der Waals surface area contributed by atoms with E-state index in [1.165, 1.54) is 7.11 Å². The molecular weight excluding hydrogens is 268 g/mol. The number of anilines is 2. The number of ether oxygens (including phenoxy) is 1. The molecule has 0 aliphatic heterocycles. The standard InChI is InChI=1S/C12H18N2O4S/c1-9(2)19(16,17)14-11-6-4-5-10(7-11)13-12(15)8-18-3/h4-7,9,14H,8H2,1-3H3,(H,13,15). The SMILES string of the molecule is COCC(=O)Nc1cccc(NS(=O)(=O)C(C)C)c1. The van der Waals surface area contributed by atoms with Crippen molar-refractivity contribution in [3.8, 4) is 0 Å². The molecule has 0 aromatic heterocycles. The molecule has 0 saturated carbocycles. The molecule has 7 heteroatoms. The summed E-state index contributed by atoms with van der Waals surface area (Å²) in [7, 11) is -1.97. The van der Waals surface area contributed by atoms with Gasteiger partial charge < -0.3 is 10.1 Å². The fourth-order valence-electron chi connectivity index (χ4n) is 1.27. The molecule has 2 N–H and O–H groups in total. The third-order valence-electron chi connectivity index (χ3n) is 2.30. The van der Waals surface area contributed by atoms with E-state index in [2.05, 4.69) is 10.0 Å². The summed E-state index contributed by atoms with van der Waals surface area (Å²) in [5.41, 5.74) is 0.912. The normalized spacial score (nSPS) is 11.4. The molecule has 0 radical (unpaired) electrons. The fourth-order valence-corrected chi connectivity index (χ4v) is 1.96. The van der Waals surface area contributed by atoms with E-state index < -0.39 is 15.3 Å². The van der Waals surface area contributed by atoms with Gasteiger partial charge in [0.15, 0.2) is 0 Å². The second-order valence-corrected chi connectivity index (χ2v) is 6.49. The van der Waals surface area contributed by atoms with Gasteiger partial charge in [-0.3, -0.25) is 9.52 Å². The highest BCUT2D eigenvalue weighted by Gasteiger charge is 2.15. The largest absolute Gasteiger partial charge is 0.375 e. The van der Waals surface area contributed by atoms with Gasteiger partial charge in [-0.05, 0) is 32.0 Å². The molecule has 1 aromatic carbocycles. The average Bonchev–Trinajstić information content (AvgIpc) is 2.28. The lowest BCUT2D eigenvalue weighted by Gasteiger charge is -2.12. The predicted octanol–water partition coefficient (Wildman–Crippen LogP) is 1.42. The Balaban J connectivity index is 2.81. The van der Waals surface area contributed by atoms with Crippen molar-refractivity contribution >= 4 is 27.3 Å². The van der Waals surface area contributed by atoms with Crippen molar-refractivity contribution in [2.75, 3.05) is 23.8 Å². The van der Waals surface area contributed by atoms with E-state index in [1.807, 2.05) is 0 Å². The third-order valence-corrected chi connectivity index (χ3v) is 4.06. The van der Waals surface area contributed by atoms with E-state index >= 15 is 0 Å². The number of carbonyl (C=O) groups is 1. The molecule has 0 unspecified atom stereocenters. The number of methoxy groups -OCH3 is 1. The molecule has 1 amide bonds. The van der Waals surface area contributed by atoms with E-state index in [1.54, 1.807) is 38.1 Å². The summed E-state index contributed by atoms with van der Waals surface area (Å²) >= 11 is 0. The number of hydrogen-bond donors (Lipinski definition) is 2. The van der Waals surface area contributed by atoms with Crippen molar-refractivity contribution in [2.24, 2.45) is 0 Å². The van der Waals surface area contributed by atoms with Crippen molar-refractivity contribution in [3.63, 3.8) is 0 Å². The van der Waals surface area contributed by atoms with Crippen LogP contribution in [0.2, 0.25) is 0 Å². The highest BCUT2D eigenvalue weighted by Crippen LogP contribution is 2.17. The van der Waals surface area contributed by atoms with Gasteiger partial charge in [-0.25, -0.2) is 8.42 Å². The minimum Gasteiger partial charge on any atom is -0.375 e. The maximum atomic E-state index is 11.7. The van der Waals surface area contributed by atoms with Crippen LogP contribution in [0.1, 0.15) is 13.8 Å². The number of nitrogens with one attached hydrogen (secondary N) is 2. The topological polar surface area (TPSA) is 84.5 Å². The van der Waals surface area contributed by atoms with Crippen molar-refractivity contribution in [1.82, 2.24) is 0 Å². The molecule has 0 spiro atoms. The summed E-state index contributed by atoms with van der Waals surface area (Å²) in [4.78, 5) is 11.3. The predicted molar refractivity (Wildman–Crippen MR) is 74.6 cm³/mol. The first-order valence-electron chi connectivity index (χ1n) is 5.75.